The summed E-state index contributed by atoms with van der Waals surface area (Å²) in [7, 11) is 0. The molecule has 0 aromatic heterocycles. The summed E-state index contributed by atoms with van der Waals surface area (Å²) in [6.07, 6.45) is 0. The van der Waals surface area contributed by atoms with Crippen LogP contribution in [0, 0.1) is 527 Å². The van der Waals surface area contributed by atoms with Crippen LogP contribution in [0.2, 0.25) is 0 Å². The molecular weight excluding hydrogens is 3020 g/mol. The van der Waals surface area contributed by atoms with E-state index in [2.05, 4.69) is 13.8 Å². The second kappa shape index (κ2) is 20.0. The molecule has 0 amide bonds. The molecule has 0 saturated heterocycles. The van der Waals surface area contributed by atoms with Crippen LogP contribution in [-0.4, -0.2) is 4.55 Å². The van der Waals surface area contributed by atoms with Gasteiger partial charge in [0.2, 0.25) is 0 Å². The molecule has 142 valence electrons. The third-order valence-corrected chi connectivity index (χ3v) is 147. The molecule has 0 spiro atoms. The van der Waals surface area contributed by atoms with Gasteiger partial charge in [-0.25, -0.2) is 0 Å². The van der Waals surface area contributed by atoms with Crippen molar-refractivity contribution in [2.75, 3.05) is 0 Å². The van der Waals surface area contributed by atoms with Crippen molar-refractivity contribution in [2.24, 2.45) is 0 Å². The Morgan fingerprint density at radius 1 is 0.361 bits per heavy atom. The van der Waals surface area contributed by atoms with E-state index >= 15 is 4.55 Å². The Kier molecular flexibility index (Phi) is 24.4. The number of rotatable bonds is 2. The fourth-order valence-corrected chi connectivity index (χ4v) is 129. The number of hydrogen-bond donors (Lipinski definition) is 0. The number of fused-ring (bicyclic) bond motifs is 2. The topological polar surface area (TPSA) is 23.1 Å². The molecule has 0 fully saturated rings. The van der Waals surface area contributed by atoms with Gasteiger partial charge in [-0.1, -0.05) is 0 Å². The third kappa shape index (κ3) is 9.29. The molecule has 4 aromatic rings. The van der Waals surface area contributed by atoms with Gasteiger partial charge in [0.1, 0.15) is 0 Å². The summed E-state index contributed by atoms with van der Waals surface area (Å²) in [6.45, 7) is 4.96. The van der Waals surface area contributed by atoms with Crippen LogP contribution in [-0.2, 0) is 11.2 Å². The van der Waals surface area contributed by atoms with Crippen molar-refractivity contribution in [2.45, 2.75) is 23.6 Å². The molecule has 0 aliphatic rings. The van der Waals surface area contributed by atoms with E-state index in [-0.39, 0.29) is 171 Å². The zero-order valence-electron chi connectivity index (χ0n) is 24.8. The fraction of sp³-hybridized carbons (Fsp3) is 0.0909. The van der Waals surface area contributed by atoms with Gasteiger partial charge in [0.05, 0.1) is 0 Å². The maximum atomic E-state index is 15.0. The molecule has 0 atom stereocenters. The van der Waals surface area contributed by atoms with Crippen molar-refractivity contribution in [3.63, 3.8) is 0 Å². The Morgan fingerprint density at radius 2 is 0.611 bits per heavy atom. The molecule has 36 heavy (non-hydrogen) atoms. The monoisotopic (exact) mass is 3040 g/mol. The molecule has 0 bridgehead atoms. The molecule has 0 N–H and O–H groups in total. The van der Waals surface area contributed by atoms with E-state index in [4.69, 9.17) is 0 Å². The van der Waals surface area contributed by atoms with Crippen molar-refractivity contribution in [3.05, 3.63) is 11.1 Å². The van der Waals surface area contributed by atoms with Crippen LogP contribution in [0.5, 0.6) is 0 Å². The minimum atomic E-state index is -0.850. The van der Waals surface area contributed by atoms with Gasteiger partial charge in [-0.3, -0.25) is 0 Å². The van der Waals surface area contributed by atoms with E-state index in [9.17, 15) is 0 Å². The first-order valence-corrected chi connectivity index (χ1v) is 63.5. The van der Waals surface area contributed by atoms with Crippen LogP contribution in [0.1, 0.15) is 11.1 Å². The van der Waals surface area contributed by atoms with Crippen LogP contribution in [0.4, 0.5) is 0 Å². The SMILES string of the molecule is Cc1[c]([RaH])[c]([RaH])c2[c]([RaH])c([S+]([O-])c3[c]([RaH])[c]([RaH])c4[c]([RaH])c(C)[c]([RaH])[c]([RaH])c4[c]3[RaH])[c]([RaH])[c]([RaH])c2[c]1[RaH]. The summed E-state index contributed by atoms with van der Waals surface area (Å²) in [4.78, 5) is 2.98. The van der Waals surface area contributed by atoms with Gasteiger partial charge in [-0.05, 0) is 0 Å². The standard InChI is InChI=1S/C22H6OS.12Ra.12H/c1-15-3-5-19-13-21(9-7-17(19)11-15)24(23)22-10-8-18-12-16(2)4-6-20(18)14-22;;;;;;;;;;;;;;;;;;;;;;;;/h1-2H3;;;;;;;;;;;;;;;;;;;;;;;;. The average molecular weight is 3040 g/mol. The van der Waals surface area contributed by atoms with Gasteiger partial charge in [0, 0.05) is 0 Å². The van der Waals surface area contributed by atoms with Gasteiger partial charge in [0.15, 0.2) is 0 Å². The van der Waals surface area contributed by atoms with E-state index in [0.29, 0.717) is 342 Å². The Hall–Kier alpha value is 15.3. The molecule has 14 heteroatoms. The van der Waals surface area contributed by atoms with Crippen LogP contribution in [0.3, 0.4) is 0 Å². The van der Waals surface area contributed by atoms with E-state index in [1.54, 1.807) is 24.3 Å². The first-order chi connectivity index (χ1) is 16.7. The molecular formula is C22H18ORa12S. The van der Waals surface area contributed by atoms with Gasteiger partial charge in [-0.2, -0.15) is 0 Å². The van der Waals surface area contributed by atoms with Gasteiger partial charge < -0.3 is 0 Å². The van der Waals surface area contributed by atoms with Gasteiger partial charge in [-0.15, -0.1) is 0 Å². The Balaban J connectivity index is 2.17. The maximum absolute atomic E-state index is 15.0. The molecule has 0 unspecified atom stereocenters. The Bertz CT molecular complexity index is 1530. The molecule has 0 saturated carbocycles. The molecule has 4 aromatic carbocycles. The summed E-state index contributed by atoms with van der Waals surface area (Å²) in [5.74, 6) is 0. The zero-order chi connectivity index (χ0) is 27.1. The van der Waals surface area contributed by atoms with Crippen LogP contribution in [0.25, 0.3) is 21.5 Å². The van der Waals surface area contributed by atoms with E-state index in [1.165, 1.54) is 9.79 Å². The predicted molar refractivity (Wildman–Crippen MR) is 114 cm³/mol. The molecule has 0 aliphatic heterocycles. The van der Waals surface area contributed by atoms with Crippen molar-refractivity contribution in [1.29, 1.82) is 0 Å². The summed E-state index contributed by atoms with van der Waals surface area (Å²) in [6, 6.07) is 0. The number of benzene rings is 4. The first kappa shape index (κ1) is 44.0. The van der Waals surface area contributed by atoms with Crippen LogP contribution in [0.15, 0.2) is 9.79 Å². The van der Waals surface area contributed by atoms with E-state index in [1.807, 2.05) is 15.6 Å². The van der Waals surface area contributed by atoms with E-state index in [0.717, 1.165) is 0 Å². The summed E-state index contributed by atoms with van der Waals surface area (Å²) < 4.78 is 36.8. The summed E-state index contributed by atoms with van der Waals surface area (Å²) in [5, 5.41) is 7.19. The van der Waals surface area contributed by atoms with Crippen LogP contribution >= 0.6 is 0 Å². The minimum absolute atomic E-state index is 0.219. The third-order valence-electron chi connectivity index (χ3n) is 9.73. The Labute approximate surface area is 568 Å². The van der Waals surface area contributed by atoms with Gasteiger partial charge in [0.25, 0.3) is 0 Å². The van der Waals surface area contributed by atoms with E-state index < -0.39 is 11.2 Å². The summed E-state index contributed by atoms with van der Waals surface area (Å²) in [5.41, 5.74) is 3.51. The molecule has 1 nitrogen and oxygen atoms in total. The Morgan fingerprint density at radius 3 is 0.917 bits per heavy atom. The predicted octanol–water partition coefficient (Wildman–Crippen LogP) is -7.34. The second-order valence-electron chi connectivity index (χ2n) is 11.2. The normalized spacial score (nSPS) is 11.3. The van der Waals surface area contributed by atoms with Crippen molar-refractivity contribution < 1.29 is 518 Å². The quantitative estimate of drug-likeness (QED) is 0.184. The molecule has 0 heterocycles. The van der Waals surface area contributed by atoms with Gasteiger partial charge >= 0.3 is 593 Å². The summed E-state index contributed by atoms with van der Waals surface area (Å²) >= 11 is 3.11. The molecule has 0 radical (unpaired) electrons. The zero-order valence-corrected chi connectivity index (χ0v) is 124. The number of hydrogen-bond acceptors (Lipinski definition) is 1. The van der Waals surface area contributed by atoms with Crippen molar-refractivity contribution in [3.8, 4) is 0 Å². The molecule has 4 rings (SSSR count). The average Bonchev–Trinajstić information content (AvgIpc) is 2.83. The second-order valence-corrected chi connectivity index (χ2v) is 61.8. The van der Waals surface area contributed by atoms with Crippen molar-refractivity contribution in [1.82, 2.24) is 0 Å². The van der Waals surface area contributed by atoms with Crippen LogP contribution < -0.4 is 7.25 Å². The molecule has 0 aliphatic carbocycles. The van der Waals surface area contributed by atoms with Crippen molar-refractivity contribution >= 4 is 40.0 Å². The fourth-order valence-electron chi connectivity index (χ4n) is 6.66. The first-order valence-electron chi connectivity index (χ1n) is 13.1.